The molecule has 0 aliphatic carbocycles. The Morgan fingerprint density at radius 1 is 1.06 bits per heavy atom. The quantitative estimate of drug-likeness (QED) is 0.0914. The maximum atomic E-state index is 14.4. The molecule has 0 radical (unpaired) electrons. The van der Waals surface area contributed by atoms with Crippen molar-refractivity contribution in [1.29, 1.82) is 0 Å². The Morgan fingerprint density at radius 3 is 2.55 bits per heavy atom. The Bertz CT molecular complexity index is 2270. The van der Waals surface area contributed by atoms with Crippen LogP contribution in [0.5, 0.6) is 11.5 Å². The van der Waals surface area contributed by atoms with Crippen LogP contribution in [0.15, 0.2) is 98.6 Å². The van der Waals surface area contributed by atoms with Gasteiger partial charge in [0.25, 0.3) is 11.2 Å². The SMILES string of the molecule is CCCOc1c(OC)cccc1[C@@H]1C(C(=O)OCC)=C(c2ccccc2)N=c2s/c(=C/c3ccc(-c4cccc([N+](=O)[O-])c4C)o3)c(=O)n21. The average Bonchev–Trinajstić information content (AvgIpc) is 3.70. The molecule has 11 nitrogen and oxygen atoms in total. The molecule has 3 aromatic carbocycles. The topological polar surface area (TPSA) is 135 Å². The number of hydrogen-bond donors (Lipinski definition) is 0. The Balaban J connectivity index is 1.59. The zero-order valence-electron chi connectivity index (χ0n) is 27.3. The lowest BCUT2D eigenvalue weighted by atomic mass is 9.92. The Labute approximate surface area is 285 Å². The fraction of sp³-hybridized carbons (Fsp3) is 0.216. The van der Waals surface area contributed by atoms with Crippen molar-refractivity contribution in [2.45, 2.75) is 33.2 Å². The number of aromatic nitrogens is 1. The summed E-state index contributed by atoms with van der Waals surface area (Å²) in [6.07, 6.45) is 2.32. The summed E-state index contributed by atoms with van der Waals surface area (Å²) in [5.41, 5.74) is 2.38. The number of para-hydroxylation sites is 1. The van der Waals surface area contributed by atoms with Crippen LogP contribution in [0.1, 0.15) is 48.8 Å². The first-order valence-electron chi connectivity index (χ1n) is 15.7. The molecule has 5 aromatic rings. The molecule has 3 heterocycles. The number of furan rings is 1. The summed E-state index contributed by atoms with van der Waals surface area (Å²) in [6.45, 7) is 5.86. The molecule has 0 spiro atoms. The molecule has 0 bridgehead atoms. The minimum Gasteiger partial charge on any atom is -0.493 e. The van der Waals surface area contributed by atoms with Crippen molar-refractivity contribution < 1.29 is 28.3 Å². The monoisotopic (exact) mass is 679 g/mol. The van der Waals surface area contributed by atoms with Crippen LogP contribution in [0.3, 0.4) is 0 Å². The predicted octanol–water partition coefficient (Wildman–Crippen LogP) is 6.21. The molecule has 0 N–H and O–H groups in total. The fourth-order valence-electron chi connectivity index (χ4n) is 5.79. The molecular weight excluding hydrogens is 646 g/mol. The number of ether oxygens (including phenoxy) is 3. The van der Waals surface area contributed by atoms with E-state index in [2.05, 4.69) is 0 Å². The molecule has 250 valence electrons. The molecule has 49 heavy (non-hydrogen) atoms. The van der Waals surface area contributed by atoms with Crippen molar-refractivity contribution in [1.82, 2.24) is 4.57 Å². The molecule has 1 atom stereocenters. The Kier molecular flexibility index (Phi) is 9.58. The van der Waals surface area contributed by atoms with Crippen LogP contribution in [0.4, 0.5) is 5.69 Å². The van der Waals surface area contributed by atoms with Gasteiger partial charge in [0.15, 0.2) is 16.3 Å². The number of carbonyl (C=O) groups is 1. The summed E-state index contributed by atoms with van der Waals surface area (Å²) in [5, 5.41) is 11.5. The lowest BCUT2D eigenvalue weighted by Crippen LogP contribution is -2.40. The molecule has 1 aliphatic heterocycles. The van der Waals surface area contributed by atoms with Crippen LogP contribution in [-0.4, -0.2) is 35.8 Å². The largest absolute Gasteiger partial charge is 0.493 e. The number of methoxy groups -OCH3 is 1. The molecule has 0 saturated carbocycles. The fourth-order valence-corrected chi connectivity index (χ4v) is 6.78. The lowest BCUT2D eigenvalue weighted by molar-refractivity contribution is -0.385. The summed E-state index contributed by atoms with van der Waals surface area (Å²) in [4.78, 5) is 44.7. The number of carbonyl (C=O) groups excluding carboxylic acids is 1. The van der Waals surface area contributed by atoms with E-state index in [9.17, 15) is 19.7 Å². The van der Waals surface area contributed by atoms with E-state index in [1.54, 1.807) is 56.3 Å². The van der Waals surface area contributed by atoms with Gasteiger partial charge in [-0.15, -0.1) is 0 Å². The summed E-state index contributed by atoms with van der Waals surface area (Å²) in [7, 11) is 1.54. The van der Waals surface area contributed by atoms with Crippen molar-refractivity contribution in [2.75, 3.05) is 20.3 Å². The number of thiazole rings is 1. The van der Waals surface area contributed by atoms with Gasteiger partial charge in [0.05, 0.1) is 41.0 Å². The van der Waals surface area contributed by atoms with E-state index in [1.807, 2.05) is 43.3 Å². The van der Waals surface area contributed by atoms with E-state index >= 15 is 0 Å². The number of benzene rings is 3. The Morgan fingerprint density at radius 2 is 1.84 bits per heavy atom. The molecule has 0 amide bonds. The third kappa shape index (κ3) is 6.30. The predicted molar refractivity (Wildman–Crippen MR) is 185 cm³/mol. The highest BCUT2D eigenvalue weighted by atomic mass is 32.1. The van der Waals surface area contributed by atoms with Crippen molar-refractivity contribution in [3.05, 3.63) is 137 Å². The third-order valence-electron chi connectivity index (χ3n) is 8.02. The molecule has 0 fully saturated rings. The lowest BCUT2D eigenvalue weighted by Gasteiger charge is -2.27. The third-order valence-corrected chi connectivity index (χ3v) is 9.00. The summed E-state index contributed by atoms with van der Waals surface area (Å²) >= 11 is 1.15. The highest BCUT2D eigenvalue weighted by molar-refractivity contribution is 7.07. The standard InChI is InChI=1S/C37H33N3O8S/c1-5-20-47-34-26(15-11-17-29(34)45-4)33-31(36(42)46-6-2)32(23-12-8-7-9-13-23)38-37-39(33)35(41)30(49-37)21-24-18-19-28(48-24)25-14-10-16-27(22(25)3)40(43)44/h7-19,21,33H,5-6,20H2,1-4H3/b30-21+/t33-/m1/s1. The molecule has 2 aromatic heterocycles. The van der Waals surface area contributed by atoms with E-state index in [-0.39, 0.29) is 17.9 Å². The van der Waals surface area contributed by atoms with Crippen molar-refractivity contribution in [3.63, 3.8) is 0 Å². The van der Waals surface area contributed by atoms with Gasteiger partial charge in [-0.3, -0.25) is 19.5 Å². The number of esters is 1. The van der Waals surface area contributed by atoms with Gasteiger partial charge in [0, 0.05) is 34.4 Å². The van der Waals surface area contributed by atoms with Crippen LogP contribution >= 0.6 is 11.3 Å². The van der Waals surface area contributed by atoms with Gasteiger partial charge in [-0.1, -0.05) is 72.9 Å². The highest BCUT2D eigenvalue weighted by Crippen LogP contribution is 2.42. The number of hydrogen-bond acceptors (Lipinski definition) is 10. The smallest absolute Gasteiger partial charge is 0.338 e. The second-order valence-electron chi connectivity index (χ2n) is 11.1. The summed E-state index contributed by atoms with van der Waals surface area (Å²) in [5.74, 6) is 1.03. The van der Waals surface area contributed by atoms with Gasteiger partial charge < -0.3 is 18.6 Å². The minimum atomic E-state index is -0.978. The number of nitro groups is 1. The van der Waals surface area contributed by atoms with Crippen molar-refractivity contribution >= 4 is 34.8 Å². The zero-order valence-corrected chi connectivity index (χ0v) is 28.1. The van der Waals surface area contributed by atoms with Gasteiger partial charge in [-0.25, -0.2) is 9.79 Å². The van der Waals surface area contributed by atoms with Gasteiger partial charge in [0.1, 0.15) is 17.6 Å². The maximum absolute atomic E-state index is 14.4. The first-order valence-corrected chi connectivity index (χ1v) is 16.5. The molecule has 6 rings (SSSR count). The highest BCUT2D eigenvalue weighted by Gasteiger charge is 2.37. The molecule has 0 unspecified atom stereocenters. The van der Waals surface area contributed by atoms with Gasteiger partial charge >= 0.3 is 5.97 Å². The molecule has 12 heteroatoms. The first kappa shape index (κ1) is 33.2. The minimum absolute atomic E-state index is 0.0183. The molecular formula is C37H33N3O8S. The molecule has 0 saturated heterocycles. The summed E-state index contributed by atoms with van der Waals surface area (Å²) < 4.78 is 25.4. The summed E-state index contributed by atoms with van der Waals surface area (Å²) in [6, 6.07) is 21.8. The second-order valence-corrected chi connectivity index (χ2v) is 12.1. The van der Waals surface area contributed by atoms with Crippen molar-refractivity contribution in [3.8, 4) is 22.8 Å². The van der Waals surface area contributed by atoms with Crippen LogP contribution < -0.4 is 24.4 Å². The number of rotatable bonds is 11. The van der Waals surface area contributed by atoms with Crippen LogP contribution in [0.25, 0.3) is 23.1 Å². The van der Waals surface area contributed by atoms with Gasteiger partial charge in [0.2, 0.25) is 0 Å². The van der Waals surface area contributed by atoms with E-state index in [0.717, 1.165) is 17.8 Å². The number of fused-ring (bicyclic) bond motifs is 1. The number of nitrogens with zero attached hydrogens (tertiary/aromatic N) is 3. The second kappa shape index (κ2) is 14.2. The van der Waals surface area contributed by atoms with Gasteiger partial charge in [-0.05, 0) is 38.5 Å². The van der Waals surface area contributed by atoms with E-state index in [1.165, 1.54) is 17.7 Å². The molecule has 1 aliphatic rings. The number of nitro benzene ring substituents is 1. The average molecular weight is 680 g/mol. The van der Waals surface area contributed by atoms with E-state index in [0.29, 0.717) is 66.9 Å². The normalized spacial score (nSPS) is 14.3. The van der Waals surface area contributed by atoms with Crippen LogP contribution in [0.2, 0.25) is 0 Å². The van der Waals surface area contributed by atoms with E-state index in [4.69, 9.17) is 23.6 Å². The first-order chi connectivity index (χ1) is 23.8. The van der Waals surface area contributed by atoms with E-state index < -0.39 is 22.5 Å². The van der Waals surface area contributed by atoms with Gasteiger partial charge in [-0.2, -0.15) is 0 Å². The van der Waals surface area contributed by atoms with Crippen LogP contribution in [0, 0.1) is 17.0 Å². The van der Waals surface area contributed by atoms with Crippen LogP contribution in [-0.2, 0) is 9.53 Å². The van der Waals surface area contributed by atoms with Crippen molar-refractivity contribution in [2.24, 2.45) is 4.99 Å². The zero-order chi connectivity index (χ0) is 34.7. The maximum Gasteiger partial charge on any atom is 0.338 e. The Hall–Kier alpha value is -5.75.